The third kappa shape index (κ3) is 5.51. The van der Waals surface area contributed by atoms with Gasteiger partial charge in [-0.15, -0.1) is 0 Å². The van der Waals surface area contributed by atoms with E-state index in [9.17, 15) is 22.8 Å². The Hall–Kier alpha value is -1.57. The van der Waals surface area contributed by atoms with Crippen molar-refractivity contribution in [3.63, 3.8) is 0 Å². The minimum atomic E-state index is -4.85. The number of hydrogen-bond acceptors (Lipinski definition) is 2. The number of carbonyl (C=O) groups excluding carboxylic acids is 2. The summed E-state index contributed by atoms with van der Waals surface area (Å²) < 4.78 is 37.3. The number of halogens is 4. The van der Waals surface area contributed by atoms with Crippen molar-refractivity contribution in [1.29, 1.82) is 0 Å². The van der Waals surface area contributed by atoms with E-state index < -0.39 is 12.1 Å². The monoisotopic (exact) mass is 406 g/mol. The molecule has 8 heteroatoms. The van der Waals surface area contributed by atoms with Crippen molar-refractivity contribution in [3.8, 4) is 0 Å². The third-order valence-electron chi connectivity index (χ3n) is 4.02. The van der Waals surface area contributed by atoms with E-state index in [1.807, 2.05) is 29.6 Å². The molecule has 1 heterocycles. The molecule has 4 nitrogen and oxygen atoms in total. The molecule has 2 amide bonds. The zero-order valence-corrected chi connectivity index (χ0v) is 14.5. The van der Waals surface area contributed by atoms with Crippen molar-refractivity contribution >= 4 is 27.7 Å². The van der Waals surface area contributed by atoms with E-state index in [4.69, 9.17) is 0 Å². The van der Waals surface area contributed by atoms with Crippen LogP contribution in [0, 0.1) is 5.92 Å². The summed E-state index contributed by atoms with van der Waals surface area (Å²) in [5.74, 6) is -1.94. The number of likely N-dealkylation sites (tertiary alicyclic amines) is 1. The lowest BCUT2D eigenvalue weighted by molar-refractivity contribution is -0.173. The van der Waals surface area contributed by atoms with Crippen molar-refractivity contribution in [2.24, 2.45) is 5.92 Å². The normalized spacial score (nSPS) is 16.1. The summed E-state index contributed by atoms with van der Waals surface area (Å²) in [7, 11) is 0. The van der Waals surface area contributed by atoms with E-state index in [1.54, 1.807) is 4.90 Å². The highest BCUT2D eigenvalue weighted by Gasteiger charge is 2.38. The molecule has 1 N–H and O–H groups in total. The lowest BCUT2D eigenvalue weighted by Gasteiger charge is -2.32. The van der Waals surface area contributed by atoms with Gasteiger partial charge >= 0.3 is 12.1 Å². The predicted octanol–water partition coefficient (Wildman–Crippen LogP) is 2.91. The molecule has 0 spiro atoms. The predicted molar refractivity (Wildman–Crippen MR) is 86.2 cm³/mol. The van der Waals surface area contributed by atoms with Gasteiger partial charge < -0.3 is 10.2 Å². The second kappa shape index (κ2) is 8.00. The van der Waals surface area contributed by atoms with Gasteiger partial charge in [0, 0.05) is 24.1 Å². The number of benzene rings is 1. The summed E-state index contributed by atoms with van der Waals surface area (Å²) in [6.07, 6.45) is -3.37. The molecule has 0 aliphatic carbocycles. The first kappa shape index (κ1) is 18.8. The summed E-state index contributed by atoms with van der Waals surface area (Å²) in [6.45, 7) is 0.991. The Balaban J connectivity index is 1.76. The van der Waals surface area contributed by atoms with Crippen LogP contribution in [0.3, 0.4) is 0 Å². The second-order valence-electron chi connectivity index (χ2n) is 5.84. The summed E-state index contributed by atoms with van der Waals surface area (Å²) in [6, 6.07) is 7.51. The largest absolute Gasteiger partial charge is 0.471 e. The molecule has 0 unspecified atom stereocenters. The van der Waals surface area contributed by atoms with Crippen LogP contribution >= 0.6 is 15.9 Å². The fourth-order valence-electron chi connectivity index (χ4n) is 2.66. The molecular formula is C16H18BrF3N2O2. The van der Waals surface area contributed by atoms with Crippen LogP contribution in [-0.4, -0.2) is 42.5 Å². The Labute approximate surface area is 146 Å². The first-order valence-corrected chi connectivity index (χ1v) is 8.42. The Morgan fingerprint density at radius 3 is 2.50 bits per heavy atom. The number of alkyl halides is 3. The first-order chi connectivity index (χ1) is 11.3. The highest BCUT2D eigenvalue weighted by molar-refractivity contribution is 9.10. The van der Waals surface area contributed by atoms with E-state index in [1.165, 1.54) is 0 Å². The molecule has 0 bridgehead atoms. The molecule has 24 heavy (non-hydrogen) atoms. The van der Waals surface area contributed by atoms with Crippen LogP contribution in [0.1, 0.15) is 18.4 Å². The van der Waals surface area contributed by atoms with Gasteiger partial charge in [0.05, 0.1) is 6.42 Å². The highest BCUT2D eigenvalue weighted by atomic mass is 79.9. The molecule has 0 saturated carbocycles. The van der Waals surface area contributed by atoms with Gasteiger partial charge in [-0.1, -0.05) is 28.1 Å². The molecular weight excluding hydrogens is 389 g/mol. The van der Waals surface area contributed by atoms with Crippen LogP contribution in [0.2, 0.25) is 0 Å². The fraction of sp³-hybridized carbons (Fsp3) is 0.500. The molecule has 2 rings (SSSR count). The van der Waals surface area contributed by atoms with Crippen molar-refractivity contribution in [2.45, 2.75) is 25.4 Å². The van der Waals surface area contributed by atoms with Crippen LogP contribution in [0.15, 0.2) is 28.7 Å². The number of nitrogens with one attached hydrogen (secondary N) is 1. The van der Waals surface area contributed by atoms with E-state index in [-0.39, 0.29) is 18.4 Å². The van der Waals surface area contributed by atoms with Gasteiger partial charge in [-0.2, -0.15) is 13.2 Å². The van der Waals surface area contributed by atoms with Crippen LogP contribution < -0.4 is 5.32 Å². The van der Waals surface area contributed by atoms with Gasteiger partial charge in [0.25, 0.3) is 0 Å². The number of piperidine rings is 1. The van der Waals surface area contributed by atoms with Crippen molar-refractivity contribution < 1.29 is 22.8 Å². The molecule has 1 aliphatic rings. The number of carbonyl (C=O) groups is 2. The Morgan fingerprint density at radius 2 is 1.92 bits per heavy atom. The Morgan fingerprint density at radius 1 is 1.25 bits per heavy atom. The van der Waals surface area contributed by atoms with Crippen molar-refractivity contribution in [3.05, 3.63) is 34.3 Å². The average molecular weight is 407 g/mol. The standard InChI is InChI=1S/C16H18BrF3N2O2/c17-13-3-1-2-12(8-13)9-14(23)22-6-4-11(5-7-22)10-21-15(24)16(18,19)20/h1-3,8,11H,4-7,9-10H2,(H,21,24). The van der Waals surface area contributed by atoms with E-state index in [0.29, 0.717) is 32.4 Å². The first-order valence-electron chi connectivity index (χ1n) is 7.63. The molecule has 0 atom stereocenters. The number of hydrogen-bond donors (Lipinski definition) is 1. The number of rotatable bonds is 4. The molecule has 0 radical (unpaired) electrons. The topological polar surface area (TPSA) is 49.4 Å². The molecule has 1 fully saturated rings. The maximum atomic E-state index is 12.3. The van der Waals surface area contributed by atoms with Crippen molar-refractivity contribution in [1.82, 2.24) is 10.2 Å². The Bertz CT molecular complexity index is 599. The molecule has 0 aromatic heterocycles. The van der Waals surface area contributed by atoms with Gasteiger partial charge in [-0.25, -0.2) is 0 Å². The van der Waals surface area contributed by atoms with Crippen LogP contribution in [0.25, 0.3) is 0 Å². The number of amides is 2. The lowest BCUT2D eigenvalue weighted by Crippen LogP contribution is -2.44. The van der Waals surface area contributed by atoms with Crippen molar-refractivity contribution in [2.75, 3.05) is 19.6 Å². The summed E-state index contributed by atoms with van der Waals surface area (Å²) >= 11 is 3.36. The smallest absolute Gasteiger partial charge is 0.348 e. The maximum Gasteiger partial charge on any atom is 0.471 e. The zero-order valence-electron chi connectivity index (χ0n) is 12.9. The van der Waals surface area contributed by atoms with Crippen LogP contribution in [0.5, 0.6) is 0 Å². The Kier molecular flexibility index (Phi) is 6.26. The third-order valence-corrected chi connectivity index (χ3v) is 4.51. The summed E-state index contributed by atoms with van der Waals surface area (Å²) in [5, 5.41) is 1.91. The fourth-order valence-corrected chi connectivity index (χ4v) is 3.10. The quantitative estimate of drug-likeness (QED) is 0.835. The minimum absolute atomic E-state index is 0.00544. The van der Waals surface area contributed by atoms with Gasteiger partial charge in [0.15, 0.2) is 0 Å². The minimum Gasteiger partial charge on any atom is -0.348 e. The van der Waals surface area contributed by atoms with E-state index in [0.717, 1.165) is 10.0 Å². The molecule has 1 aromatic carbocycles. The lowest BCUT2D eigenvalue weighted by atomic mass is 9.96. The molecule has 1 aromatic rings. The molecule has 1 aliphatic heterocycles. The maximum absolute atomic E-state index is 12.3. The molecule has 1 saturated heterocycles. The second-order valence-corrected chi connectivity index (χ2v) is 6.75. The van der Waals surface area contributed by atoms with E-state index >= 15 is 0 Å². The van der Waals surface area contributed by atoms with Gasteiger partial charge in [0.1, 0.15) is 0 Å². The number of nitrogens with zero attached hydrogens (tertiary/aromatic N) is 1. The van der Waals surface area contributed by atoms with Gasteiger partial charge in [0.2, 0.25) is 5.91 Å². The summed E-state index contributed by atoms with van der Waals surface area (Å²) in [4.78, 5) is 24.8. The average Bonchev–Trinajstić information content (AvgIpc) is 2.52. The zero-order chi connectivity index (χ0) is 17.7. The van der Waals surface area contributed by atoms with Gasteiger partial charge in [-0.3, -0.25) is 9.59 Å². The molecule has 132 valence electrons. The van der Waals surface area contributed by atoms with Crippen LogP contribution in [0.4, 0.5) is 13.2 Å². The summed E-state index contributed by atoms with van der Waals surface area (Å²) in [5.41, 5.74) is 0.911. The van der Waals surface area contributed by atoms with Gasteiger partial charge in [-0.05, 0) is 36.5 Å². The van der Waals surface area contributed by atoms with E-state index in [2.05, 4.69) is 15.9 Å². The van der Waals surface area contributed by atoms with Crippen LogP contribution in [-0.2, 0) is 16.0 Å². The SMILES string of the molecule is O=C(Cc1cccc(Br)c1)N1CCC(CNC(=O)C(F)(F)F)CC1. The highest BCUT2D eigenvalue weighted by Crippen LogP contribution is 2.20.